The molecule has 3 nitrogen and oxygen atoms in total. The second-order valence-electron chi connectivity index (χ2n) is 10.1. The molecule has 0 fully saturated rings. The summed E-state index contributed by atoms with van der Waals surface area (Å²) in [6.07, 6.45) is 9.52. The molecule has 2 heterocycles. The number of nitrogens with one attached hydrogen (secondary N) is 1. The highest BCUT2D eigenvalue weighted by molar-refractivity contribution is 6.31. The first-order chi connectivity index (χ1) is 17.9. The lowest BCUT2D eigenvalue weighted by Crippen LogP contribution is -2.32. The van der Waals surface area contributed by atoms with E-state index in [1.54, 1.807) is 12.3 Å². The molecule has 2 bridgehead atoms. The smallest absolute Gasteiger partial charge is 0.149 e. The Kier molecular flexibility index (Phi) is 7.21. The number of benzene rings is 2. The van der Waals surface area contributed by atoms with Crippen LogP contribution in [0.25, 0.3) is 16.7 Å². The number of hydrogen-bond acceptors (Lipinski definition) is 3. The summed E-state index contributed by atoms with van der Waals surface area (Å²) in [4.78, 5) is 7.17. The highest BCUT2D eigenvalue weighted by Gasteiger charge is 2.28. The van der Waals surface area contributed by atoms with Crippen molar-refractivity contribution >= 4 is 22.9 Å². The molecule has 37 heavy (non-hydrogen) atoms. The molecule has 5 heteroatoms. The lowest BCUT2D eigenvalue weighted by atomic mass is 9.85. The fraction of sp³-hybridized carbons (Fsp3) is 0.281. The van der Waals surface area contributed by atoms with E-state index in [0.29, 0.717) is 11.5 Å². The Bertz CT molecular complexity index is 1390. The summed E-state index contributed by atoms with van der Waals surface area (Å²) in [6, 6.07) is 14.5. The molecule has 2 unspecified atom stereocenters. The van der Waals surface area contributed by atoms with E-state index in [0.717, 1.165) is 60.4 Å². The third kappa shape index (κ3) is 4.95. The van der Waals surface area contributed by atoms with Crippen LogP contribution >= 0.6 is 11.6 Å². The maximum atomic E-state index is 14.9. The minimum absolute atomic E-state index is 0.117. The lowest BCUT2D eigenvalue weighted by Gasteiger charge is -2.38. The molecule has 0 saturated carbocycles. The highest BCUT2D eigenvalue weighted by atomic mass is 35.5. The summed E-state index contributed by atoms with van der Waals surface area (Å²) < 4.78 is 14.9. The van der Waals surface area contributed by atoms with Crippen molar-refractivity contribution in [1.82, 2.24) is 9.88 Å². The predicted molar refractivity (Wildman–Crippen MR) is 153 cm³/mol. The van der Waals surface area contributed by atoms with Crippen LogP contribution in [0.1, 0.15) is 67.0 Å². The average molecular weight is 514 g/mol. The van der Waals surface area contributed by atoms with Crippen molar-refractivity contribution < 1.29 is 4.39 Å². The summed E-state index contributed by atoms with van der Waals surface area (Å²) in [5, 5.41) is 3.39. The fourth-order valence-corrected chi connectivity index (χ4v) is 5.97. The van der Waals surface area contributed by atoms with Gasteiger partial charge in [-0.15, -0.1) is 0 Å². The van der Waals surface area contributed by atoms with Crippen molar-refractivity contribution in [3.63, 3.8) is 0 Å². The van der Waals surface area contributed by atoms with Crippen LogP contribution in [0.15, 0.2) is 79.8 Å². The van der Waals surface area contributed by atoms with Gasteiger partial charge in [-0.1, -0.05) is 50.2 Å². The first-order valence-corrected chi connectivity index (χ1v) is 13.3. The van der Waals surface area contributed by atoms with E-state index < -0.39 is 0 Å². The van der Waals surface area contributed by atoms with Crippen LogP contribution < -0.4 is 5.32 Å². The molecule has 0 radical (unpaired) electrons. The third-order valence-electron chi connectivity index (χ3n) is 7.73. The topological polar surface area (TPSA) is 28.2 Å². The van der Waals surface area contributed by atoms with Gasteiger partial charge >= 0.3 is 0 Å². The van der Waals surface area contributed by atoms with Gasteiger partial charge < -0.3 is 10.2 Å². The van der Waals surface area contributed by atoms with Crippen molar-refractivity contribution in [3.8, 4) is 11.1 Å². The number of anilines is 1. The van der Waals surface area contributed by atoms with Crippen molar-refractivity contribution in [2.45, 2.75) is 51.5 Å². The summed E-state index contributed by atoms with van der Waals surface area (Å²) in [6.45, 7) is 13.2. The zero-order valence-corrected chi connectivity index (χ0v) is 22.3. The number of rotatable bonds is 4. The summed E-state index contributed by atoms with van der Waals surface area (Å²) in [5.41, 5.74) is 9.22. The standard InChI is InChI=1S/C32H33ClFN3/c1-5-35-25-10-11-26-23-13-15-36-29(18-23)30(8-6-7-20(2)27(26)19-25)37-16-14-24(17-22(37)4)31-21(3)9-12-28(33)32(31)34/h5,9-13,15,17-20,30,35H,1,4,6-8,14,16H2,2-3H3. The normalized spacial score (nSPS) is 19.6. The van der Waals surface area contributed by atoms with Crippen LogP contribution in [0.2, 0.25) is 5.02 Å². The molecule has 0 saturated heterocycles. The minimum Gasteiger partial charge on any atom is -0.363 e. The quantitative estimate of drug-likeness (QED) is 0.377. The van der Waals surface area contributed by atoms with E-state index >= 15 is 0 Å². The van der Waals surface area contributed by atoms with E-state index in [9.17, 15) is 4.39 Å². The molecule has 2 aromatic carbocycles. The Hall–Kier alpha value is -3.37. The Morgan fingerprint density at radius 2 is 2.00 bits per heavy atom. The maximum absolute atomic E-state index is 14.9. The van der Waals surface area contributed by atoms with Gasteiger partial charge in [0, 0.05) is 29.7 Å². The zero-order chi connectivity index (χ0) is 26.1. The van der Waals surface area contributed by atoms with Crippen LogP contribution in [-0.2, 0) is 0 Å². The van der Waals surface area contributed by atoms with Crippen LogP contribution in [0, 0.1) is 12.7 Å². The molecule has 1 aliphatic carbocycles. The zero-order valence-electron chi connectivity index (χ0n) is 21.5. The fourth-order valence-electron chi connectivity index (χ4n) is 5.81. The van der Waals surface area contributed by atoms with Gasteiger partial charge in [0.25, 0.3) is 0 Å². The van der Waals surface area contributed by atoms with E-state index in [1.165, 1.54) is 16.7 Å². The molecule has 2 aliphatic rings. The number of halogens is 2. The van der Waals surface area contributed by atoms with E-state index in [2.05, 4.69) is 60.6 Å². The molecule has 3 aromatic rings. The first-order valence-electron chi connectivity index (χ1n) is 13.0. The summed E-state index contributed by atoms with van der Waals surface area (Å²) >= 11 is 6.11. The maximum Gasteiger partial charge on any atom is 0.149 e. The minimum atomic E-state index is -0.346. The predicted octanol–water partition coefficient (Wildman–Crippen LogP) is 9.04. The van der Waals surface area contributed by atoms with Gasteiger partial charge in [-0.25, -0.2) is 4.39 Å². The lowest BCUT2D eigenvalue weighted by molar-refractivity contribution is 0.240. The van der Waals surface area contributed by atoms with Crippen molar-refractivity contribution in [1.29, 1.82) is 0 Å². The SMILES string of the molecule is C=CNc1ccc2c(c1)C(C)CCCC(N1CCC(c3c(C)ccc(Cl)c3F)=CC1=C)c1cc-2ccn1. The molecule has 1 aromatic heterocycles. The Morgan fingerprint density at radius 3 is 2.78 bits per heavy atom. The molecular weight excluding hydrogens is 481 g/mol. The van der Waals surface area contributed by atoms with Gasteiger partial charge in [-0.05, 0) is 103 Å². The van der Waals surface area contributed by atoms with Crippen molar-refractivity contribution in [3.05, 3.63) is 113 Å². The number of nitrogens with zero attached hydrogens (tertiary/aromatic N) is 2. The Morgan fingerprint density at radius 1 is 1.16 bits per heavy atom. The summed E-state index contributed by atoms with van der Waals surface area (Å²) in [7, 11) is 0. The number of fused-ring (bicyclic) bond motifs is 4. The molecular formula is C32H33ClFN3. The van der Waals surface area contributed by atoms with Gasteiger partial charge in [0.15, 0.2) is 0 Å². The van der Waals surface area contributed by atoms with E-state index in [1.807, 2.05) is 25.3 Å². The number of hydrogen-bond donors (Lipinski definition) is 1. The summed E-state index contributed by atoms with van der Waals surface area (Å²) in [5.74, 6) is 0.0723. The van der Waals surface area contributed by atoms with Crippen LogP contribution in [0.3, 0.4) is 0 Å². The number of aryl methyl sites for hydroxylation is 1. The molecule has 5 rings (SSSR count). The molecule has 1 N–H and O–H groups in total. The van der Waals surface area contributed by atoms with Gasteiger partial charge in [-0.3, -0.25) is 4.98 Å². The number of allylic oxidation sites excluding steroid dienone is 1. The first kappa shape index (κ1) is 25.3. The van der Waals surface area contributed by atoms with Crippen molar-refractivity contribution in [2.75, 3.05) is 11.9 Å². The number of aromatic nitrogens is 1. The molecule has 1 aliphatic heterocycles. The molecule has 190 valence electrons. The van der Waals surface area contributed by atoms with Gasteiger partial charge in [-0.2, -0.15) is 0 Å². The average Bonchev–Trinajstić information content (AvgIpc) is 2.89. The second kappa shape index (κ2) is 10.5. The largest absolute Gasteiger partial charge is 0.363 e. The van der Waals surface area contributed by atoms with Crippen LogP contribution in [-0.4, -0.2) is 16.4 Å². The molecule has 0 spiro atoms. The Labute approximate surface area is 224 Å². The third-order valence-corrected chi connectivity index (χ3v) is 8.02. The van der Waals surface area contributed by atoms with Crippen LogP contribution in [0.4, 0.5) is 10.1 Å². The number of pyridine rings is 1. The van der Waals surface area contributed by atoms with E-state index in [4.69, 9.17) is 16.6 Å². The van der Waals surface area contributed by atoms with Gasteiger partial charge in [0.2, 0.25) is 0 Å². The van der Waals surface area contributed by atoms with E-state index in [-0.39, 0.29) is 16.9 Å². The second-order valence-corrected chi connectivity index (χ2v) is 10.5. The highest BCUT2D eigenvalue weighted by Crippen LogP contribution is 2.41. The van der Waals surface area contributed by atoms with Gasteiger partial charge in [0.1, 0.15) is 5.82 Å². The van der Waals surface area contributed by atoms with Crippen LogP contribution in [0.5, 0.6) is 0 Å². The molecule has 0 amide bonds. The molecule has 2 atom stereocenters. The van der Waals surface area contributed by atoms with Gasteiger partial charge in [0.05, 0.1) is 16.8 Å². The monoisotopic (exact) mass is 513 g/mol. The van der Waals surface area contributed by atoms with Crippen molar-refractivity contribution in [2.24, 2.45) is 0 Å². The Balaban J connectivity index is 1.50.